The molecular formula is C7H15NO3. The largest absolute Gasteiger partial charge is 0.461 e. The van der Waals surface area contributed by atoms with E-state index in [1.165, 1.54) is 6.92 Å². The van der Waals surface area contributed by atoms with Gasteiger partial charge in [-0.1, -0.05) is 6.92 Å². The first-order valence-electron chi connectivity index (χ1n) is 3.62. The molecule has 0 rings (SSSR count). The van der Waals surface area contributed by atoms with Crippen molar-refractivity contribution in [1.29, 1.82) is 0 Å². The minimum Gasteiger partial charge on any atom is -0.461 e. The molecule has 0 fully saturated rings. The Kier molecular flexibility index (Phi) is 4.07. The van der Waals surface area contributed by atoms with Crippen LogP contribution < -0.4 is 5.73 Å². The summed E-state index contributed by atoms with van der Waals surface area (Å²) in [4.78, 5) is 10.7. The molecular weight excluding hydrogens is 146 g/mol. The van der Waals surface area contributed by atoms with E-state index < -0.39 is 5.72 Å². The molecule has 0 heterocycles. The SMILES string of the molecule is CCCC(=O)OCC(C)(N)O. The fourth-order valence-corrected chi connectivity index (χ4v) is 0.503. The predicted molar refractivity (Wildman–Crippen MR) is 40.7 cm³/mol. The van der Waals surface area contributed by atoms with Gasteiger partial charge in [0.05, 0.1) is 0 Å². The van der Waals surface area contributed by atoms with Crippen molar-refractivity contribution in [3.63, 3.8) is 0 Å². The monoisotopic (exact) mass is 161 g/mol. The Morgan fingerprint density at radius 2 is 2.27 bits per heavy atom. The molecule has 0 saturated carbocycles. The summed E-state index contributed by atoms with van der Waals surface area (Å²) in [5.74, 6) is -0.321. The summed E-state index contributed by atoms with van der Waals surface area (Å²) in [6.45, 7) is 3.11. The molecule has 0 radical (unpaired) electrons. The van der Waals surface area contributed by atoms with Crippen LogP contribution in [-0.2, 0) is 9.53 Å². The van der Waals surface area contributed by atoms with E-state index in [0.717, 1.165) is 6.42 Å². The standard InChI is InChI=1S/C7H15NO3/c1-3-4-6(9)11-5-7(2,8)10/h10H,3-5,8H2,1-2H3. The van der Waals surface area contributed by atoms with Gasteiger partial charge >= 0.3 is 5.97 Å². The van der Waals surface area contributed by atoms with Gasteiger partial charge < -0.3 is 15.6 Å². The number of hydrogen-bond donors (Lipinski definition) is 2. The highest BCUT2D eigenvalue weighted by molar-refractivity contribution is 5.69. The van der Waals surface area contributed by atoms with Gasteiger partial charge in [-0.2, -0.15) is 0 Å². The molecule has 0 aromatic rings. The Morgan fingerprint density at radius 3 is 2.64 bits per heavy atom. The van der Waals surface area contributed by atoms with Crippen molar-refractivity contribution in [3.05, 3.63) is 0 Å². The van der Waals surface area contributed by atoms with E-state index in [1.54, 1.807) is 0 Å². The second kappa shape index (κ2) is 4.31. The fourth-order valence-electron chi connectivity index (χ4n) is 0.503. The number of carbonyl (C=O) groups excluding carboxylic acids is 1. The number of nitrogens with two attached hydrogens (primary N) is 1. The summed E-state index contributed by atoms with van der Waals surface area (Å²) >= 11 is 0. The molecule has 0 aromatic carbocycles. The first-order valence-corrected chi connectivity index (χ1v) is 3.62. The van der Waals surface area contributed by atoms with Gasteiger partial charge in [-0.25, -0.2) is 0 Å². The van der Waals surface area contributed by atoms with Crippen LogP contribution in [0.5, 0.6) is 0 Å². The molecule has 0 amide bonds. The molecule has 0 aromatic heterocycles. The molecule has 11 heavy (non-hydrogen) atoms. The summed E-state index contributed by atoms with van der Waals surface area (Å²) in [7, 11) is 0. The van der Waals surface area contributed by atoms with Crippen molar-refractivity contribution in [2.75, 3.05) is 6.61 Å². The number of aliphatic hydroxyl groups is 1. The molecule has 0 aliphatic carbocycles. The van der Waals surface area contributed by atoms with Crippen LogP contribution in [0, 0.1) is 0 Å². The van der Waals surface area contributed by atoms with Crippen LogP contribution >= 0.6 is 0 Å². The van der Waals surface area contributed by atoms with Gasteiger partial charge in [0.1, 0.15) is 12.3 Å². The summed E-state index contributed by atoms with van der Waals surface area (Å²) in [6, 6.07) is 0. The molecule has 66 valence electrons. The van der Waals surface area contributed by atoms with E-state index in [2.05, 4.69) is 4.74 Å². The third kappa shape index (κ3) is 7.29. The van der Waals surface area contributed by atoms with Crippen molar-refractivity contribution in [2.45, 2.75) is 32.4 Å². The van der Waals surface area contributed by atoms with Gasteiger partial charge in [0.15, 0.2) is 0 Å². The smallest absolute Gasteiger partial charge is 0.305 e. The van der Waals surface area contributed by atoms with E-state index in [1.807, 2.05) is 6.92 Å². The molecule has 0 aliphatic heterocycles. The summed E-state index contributed by atoms with van der Waals surface area (Å²) < 4.78 is 4.63. The zero-order valence-electron chi connectivity index (χ0n) is 6.96. The van der Waals surface area contributed by atoms with E-state index in [9.17, 15) is 4.79 Å². The number of rotatable bonds is 4. The Labute approximate surface area is 66.3 Å². The first kappa shape index (κ1) is 10.4. The van der Waals surface area contributed by atoms with Crippen molar-refractivity contribution in [1.82, 2.24) is 0 Å². The predicted octanol–water partition coefficient (Wildman–Crippen LogP) is -0.00310. The van der Waals surface area contributed by atoms with E-state index in [-0.39, 0.29) is 12.6 Å². The average molecular weight is 161 g/mol. The van der Waals surface area contributed by atoms with Crippen molar-refractivity contribution in [2.24, 2.45) is 5.73 Å². The first-order chi connectivity index (χ1) is 4.95. The van der Waals surface area contributed by atoms with Gasteiger partial charge in [0.25, 0.3) is 0 Å². The zero-order chi connectivity index (χ0) is 8.91. The Morgan fingerprint density at radius 1 is 1.73 bits per heavy atom. The van der Waals surface area contributed by atoms with Crippen molar-refractivity contribution < 1.29 is 14.6 Å². The summed E-state index contributed by atoms with van der Waals surface area (Å²) in [5, 5.41) is 8.94. The Balaban J connectivity index is 3.46. The molecule has 4 heteroatoms. The molecule has 0 spiro atoms. The molecule has 0 aliphatic rings. The highest BCUT2D eigenvalue weighted by Crippen LogP contribution is 1.96. The third-order valence-corrected chi connectivity index (χ3v) is 0.980. The van der Waals surface area contributed by atoms with Gasteiger partial charge in [0.2, 0.25) is 0 Å². The maximum atomic E-state index is 10.7. The molecule has 4 nitrogen and oxygen atoms in total. The third-order valence-electron chi connectivity index (χ3n) is 0.980. The molecule has 1 unspecified atom stereocenters. The molecule has 0 bridgehead atoms. The summed E-state index contributed by atoms with van der Waals surface area (Å²) in [5.41, 5.74) is 3.74. The Hall–Kier alpha value is -0.610. The van der Waals surface area contributed by atoms with Gasteiger partial charge in [0, 0.05) is 6.42 Å². The number of ether oxygens (including phenoxy) is 1. The topological polar surface area (TPSA) is 72.5 Å². The number of carbonyl (C=O) groups is 1. The van der Waals surface area contributed by atoms with Crippen LogP contribution in [0.3, 0.4) is 0 Å². The lowest BCUT2D eigenvalue weighted by Gasteiger charge is -2.16. The average Bonchev–Trinajstić information content (AvgIpc) is 1.83. The van der Waals surface area contributed by atoms with E-state index >= 15 is 0 Å². The second-order valence-corrected chi connectivity index (χ2v) is 2.77. The Bertz CT molecular complexity index is 128. The fraction of sp³-hybridized carbons (Fsp3) is 0.857. The molecule has 1 atom stereocenters. The van der Waals surface area contributed by atoms with E-state index in [0.29, 0.717) is 6.42 Å². The van der Waals surface area contributed by atoms with Gasteiger partial charge in [-0.05, 0) is 13.3 Å². The van der Waals surface area contributed by atoms with Gasteiger partial charge in [-0.3, -0.25) is 4.79 Å². The number of esters is 1. The quantitative estimate of drug-likeness (QED) is 0.449. The molecule has 3 N–H and O–H groups in total. The van der Waals surface area contributed by atoms with Crippen LogP contribution in [0.1, 0.15) is 26.7 Å². The van der Waals surface area contributed by atoms with Crippen LogP contribution in [-0.4, -0.2) is 23.4 Å². The van der Waals surface area contributed by atoms with Gasteiger partial charge in [-0.15, -0.1) is 0 Å². The maximum absolute atomic E-state index is 10.7. The minimum absolute atomic E-state index is 0.147. The zero-order valence-corrected chi connectivity index (χ0v) is 6.96. The number of hydrogen-bond acceptors (Lipinski definition) is 4. The molecule has 0 saturated heterocycles. The lowest BCUT2D eigenvalue weighted by Crippen LogP contribution is -2.41. The van der Waals surface area contributed by atoms with Crippen LogP contribution in [0.2, 0.25) is 0 Å². The van der Waals surface area contributed by atoms with Crippen molar-refractivity contribution >= 4 is 5.97 Å². The lowest BCUT2D eigenvalue weighted by molar-refractivity contribution is -0.150. The van der Waals surface area contributed by atoms with E-state index in [4.69, 9.17) is 10.8 Å². The second-order valence-electron chi connectivity index (χ2n) is 2.77. The minimum atomic E-state index is -1.41. The van der Waals surface area contributed by atoms with Crippen LogP contribution in [0.4, 0.5) is 0 Å². The highest BCUT2D eigenvalue weighted by Gasteiger charge is 2.15. The summed E-state index contributed by atoms with van der Waals surface area (Å²) in [6.07, 6.45) is 1.11. The van der Waals surface area contributed by atoms with Crippen LogP contribution in [0.15, 0.2) is 0 Å². The maximum Gasteiger partial charge on any atom is 0.305 e. The highest BCUT2D eigenvalue weighted by atomic mass is 16.5. The normalized spacial score (nSPS) is 15.6. The van der Waals surface area contributed by atoms with Crippen LogP contribution in [0.25, 0.3) is 0 Å². The lowest BCUT2D eigenvalue weighted by atomic mass is 10.3. The van der Waals surface area contributed by atoms with Crippen molar-refractivity contribution in [3.8, 4) is 0 Å².